The molecule has 0 saturated heterocycles. The molecule has 8 heteroatoms. The fourth-order valence-corrected chi connectivity index (χ4v) is 2.89. The molecule has 0 aliphatic rings. The van der Waals surface area contributed by atoms with E-state index >= 15 is 0 Å². The predicted molar refractivity (Wildman–Crippen MR) is 103 cm³/mol. The second-order valence-electron chi connectivity index (χ2n) is 6.85. The number of anilines is 1. The molecular formula is C19H23N5O3. The Bertz CT molecular complexity index is 1010. The number of nitrogens with two attached hydrogens (primary N) is 2. The number of primary amides is 1. The van der Waals surface area contributed by atoms with Gasteiger partial charge in [-0.15, -0.1) is 0 Å². The number of carbonyl (C=O) groups excluding carboxylic acids is 1. The van der Waals surface area contributed by atoms with Crippen molar-refractivity contribution in [3.63, 3.8) is 0 Å². The Hall–Kier alpha value is -3.13. The number of aliphatic hydroxyl groups is 1. The first-order valence-corrected chi connectivity index (χ1v) is 8.62. The number of nitrogens with zero attached hydrogens (tertiary/aromatic N) is 3. The maximum Gasteiger partial charge on any atom is 0.254 e. The second-order valence-corrected chi connectivity index (χ2v) is 6.85. The molecule has 0 unspecified atom stereocenters. The number of pyridine rings is 1. The monoisotopic (exact) mass is 369 g/mol. The van der Waals surface area contributed by atoms with Crippen LogP contribution < -0.4 is 16.2 Å². The van der Waals surface area contributed by atoms with E-state index < -0.39 is 11.4 Å². The molecule has 0 radical (unpaired) electrons. The Morgan fingerprint density at radius 1 is 1.30 bits per heavy atom. The van der Waals surface area contributed by atoms with Crippen molar-refractivity contribution < 1.29 is 14.6 Å². The third kappa shape index (κ3) is 3.31. The molecule has 0 atom stereocenters. The number of nitrogen functional groups attached to an aromatic ring is 1. The highest BCUT2D eigenvalue weighted by molar-refractivity contribution is 6.04. The number of amides is 1. The third-order valence-electron chi connectivity index (χ3n) is 4.36. The van der Waals surface area contributed by atoms with Crippen LogP contribution in [0, 0.1) is 0 Å². The summed E-state index contributed by atoms with van der Waals surface area (Å²) in [7, 11) is 0. The highest BCUT2D eigenvalue weighted by Gasteiger charge is 2.29. The first kappa shape index (κ1) is 18.7. The minimum atomic E-state index is -0.780. The zero-order valence-corrected chi connectivity index (χ0v) is 15.6. The lowest BCUT2D eigenvalue weighted by Gasteiger charge is -2.23. The molecule has 1 aromatic carbocycles. The normalized spacial score (nSPS) is 11.7. The number of hydrogen-bond acceptors (Lipinski definition) is 6. The van der Waals surface area contributed by atoms with E-state index in [0.717, 1.165) is 10.9 Å². The summed E-state index contributed by atoms with van der Waals surface area (Å²) in [6.45, 7) is 5.78. The maximum absolute atomic E-state index is 12.0. The zero-order chi connectivity index (χ0) is 19.8. The topological polar surface area (TPSA) is 129 Å². The van der Waals surface area contributed by atoms with Crippen LogP contribution in [0.2, 0.25) is 0 Å². The van der Waals surface area contributed by atoms with Crippen LogP contribution in [0.25, 0.3) is 22.2 Å². The summed E-state index contributed by atoms with van der Waals surface area (Å²) < 4.78 is 6.85. The van der Waals surface area contributed by atoms with Crippen LogP contribution in [0.5, 0.6) is 5.88 Å². The highest BCUT2D eigenvalue weighted by atomic mass is 16.5. The third-order valence-corrected chi connectivity index (χ3v) is 4.36. The average Bonchev–Trinajstić information content (AvgIpc) is 3.00. The molecule has 27 heavy (non-hydrogen) atoms. The minimum Gasteiger partial charge on any atom is -0.478 e. The van der Waals surface area contributed by atoms with Gasteiger partial charge in [0.25, 0.3) is 5.91 Å². The van der Waals surface area contributed by atoms with Crippen molar-refractivity contribution in [2.75, 3.05) is 18.9 Å². The molecule has 0 fully saturated rings. The average molecular weight is 369 g/mol. The van der Waals surface area contributed by atoms with Gasteiger partial charge in [-0.05, 0) is 39.0 Å². The van der Waals surface area contributed by atoms with Crippen molar-refractivity contribution in [2.45, 2.75) is 26.3 Å². The molecule has 2 heterocycles. The number of carbonyl (C=O) groups is 1. The summed E-state index contributed by atoms with van der Waals surface area (Å²) in [5.74, 6) is 0.00247. The van der Waals surface area contributed by atoms with E-state index in [1.54, 1.807) is 26.0 Å². The molecule has 0 aliphatic carbocycles. The first-order chi connectivity index (χ1) is 12.8. The number of aromatic nitrogens is 3. The molecule has 142 valence electrons. The Morgan fingerprint density at radius 3 is 2.67 bits per heavy atom. The van der Waals surface area contributed by atoms with Gasteiger partial charge in [0.05, 0.1) is 24.3 Å². The molecule has 1 amide bonds. The van der Waals surface area contributed by atoms with Crippen molar-refractivity contribution in [2.24, 2.45) is 5.73 Å². The van der Waals surface area contributed by atoms with E-state index in [9.17, 15) is 9.90 Å². The fourth-order valence-electron chi connectivity index (χ4n) is 2.89. The molecule has 2 aromatic heterocycles. The molecule has 5 N–H and O–H groups in total. The van der Waals surface area contributed by atoms with E-state index in [2.05, 4.69) is 10.1 Å². The molecule has 3 rings (SSSR count). The largest absolute Gasteiger partial charge is 0.478 e. The highest BCUT2D eigenvalue weighted by Crippen LogP contribution is 2.32. The molecule has 3 aromatic rings. The van der Waals surface area contributed by atoms with Crippen LogP contribution in [-0.2, 0) is 5.54 Å². The van der Waals surface area contributed by atoms with Gasteiger partial charge in [-0.3, -0.25) is 4.79 Å². The summed E-state index contributed by atoms with van der Waals surface area (Å²) >= 11 is 0. The fraction of sp³-hybridized carbons (Fsp3) is 0.316. The van der Waals surface area contributed by atoms with Gasteiger partial charge in [0, 0.05) is 17.0 Å². The molecule has 0 spiro atoms. The van der Waals surface area contributed by atoms with Crippen LogP contribution in [0.3, 0.4) is 0 Å². The van der Waals surface area contributed by atoms with E-state index in [1.807, 2.05) is 25.1 Å². The Kier molecular flexibility index (Phi) is 4.75. The Labute approximate surface area is 156 Å². The van der Waals surface area contributed by atoms with Crippen molar-refractivity contribution in [3.05, 3.63) is 35.9 Å². The Balaban J connectivity index is 2.16. The van der Waals surface area contributed by atoms with Gasteiger partial charge < -0.3 is 21.3 Å². The first-order valence-electron chi connectivity index (χ1n) is 8.62. The number of rotatable bonds is 6. The van der Waals surface area contributed by atoms with Crippen molar-refractivity contribution in [3.8, 4) is 17.1 Å². The van der Waals surface area contributed by atoms with Crippen LogP contribution >= 0.6 is 0 Å². The van der Waals surface area contributed by atoms with E-state index in [1.165, 1.54) is 4.68 Å². The number of fused-ring (bicyclic) bond motifs is 1. The van der Waals surface area contributed by atoms with Gasteiger partial charge in [-0.1, -0.05) is 6.07 Å². The van der Waals surface area contributed by atoms with Crippen LogP contribution in [0.15, 0.2) is 30.3 Å². The lowest BCUT2D eigenvalue weighted by Crippen LogP contribution is -2.32. The lowest BCUT2D eigenvalue weighted by molar-refractivity contribution is 0.100. The SMILES string of the molecule is CCOc1ccc2cc(-c3nn(C(C)(C)CO)c(N)c3C(N)=O)ccc2n1. The summed E-state index contributed by atoms with van der Waals surface area (Å²) in [4.78, 5) is 16.5. The van der Waals surface area contributed by atoms with Gasteiger partial charge in [0.1, 0.15) is 17.1 Å². The van der Waals surface area contributed by atoms with Crippen molar-refractivity contribution in [1.82, 2.24) is 14.8 Å². The van der Waals surface area contributed by atoms with Crippen LogP contribution in [-0.4, -0.2) is 39.0 Å². The van der Waals surface area contributed by atoms with E-state index in [4.69, 9.17) is 16.2 Å². The number of benzene rings is 1. The summed E-state index contributed by atoms with van der Waals surface area (Å²) in [5, 5.41) is 15.0. The quantitative estimate of drug-likeness (QED) is 0.608. The maximum atomic E-state index is 12.0. The smallest absolute Gasteiger partial charge is 0.254 e. The van der Waals surface area contributed by atoms with Gasteiger partial charge >= 0.3 is 0 Å². The van der Waals surface area contributed by atoms with Gasteiger partial charge in [-0.2, -0.15) is 5.10 Å². The van der Waals surface area contributed by atoms with Gasteiger partial charge in [-0.25, -0.2) is 9.67 Å². The lowest BCUT2D eigenvalue weighted by atomic mass is 10.0. The van der Waals surface area contributed by atoms with Gasteiger partial charge in [0.15, 0.2) is 0 Å². The number of aliphatic hydroxyl groups excluding tert-OH is 1. The van der Waals surface area contributed by atoms with Crippen molar-refractivity contribution in [1.29, 1.82) is 0 Å². The molecule has 0 bridgehead atoms. The Morgan fingerprint density at radius 2 is 2.04 bits per heavy atom. The number of ether oxygens (including phenoxy) is 1. The van der Waals surface area contributed by atoms with E-state index in [0.29, 0.717) is 23.7 Å². The predicted octanol–water partition coefficient (Wildman–Crippen LogP) is 1.91. The van der Waals surface area contributed by atoms with E-state index in [-0.39, 0.29) is 18.0 Å². The summed E-state index contributed by atoms with van der Waals surface area (Å²) in [6.07, 6.45) is 0. The molecule has 8 nitrogen and oxygen atoms in total. The molecule has 0 saturated carbocycles. The molecule has 0 aliphatic heterocycles. The molecular weight excluding hydrogens is 346 g/mol. The summed E-state index contributed by atoms with van der Waals surface area (Å²) in [5.41, 5.74) is 12.8. The van der Waals surface area contributed by atoms with Crippen LogP contribution in [0.1, 0.15) is 31.1 Å². The van der Waals surface area contributed by atoms with Gasteiger partial charge in [0.2, 0.25) is 5.88 Å². The second kappa shape index (κ2) is 6.88. The zero-order valence-electron chi connectivity index (χ0n) is 15.6. The summed E-state index contributed by atoms with van der Waals surface area (Å²) in [6, 6.07) is 9.16. The van der Waals surface area contributed by atoms with Crippen LogP contribution in [0.4, 0.5) is 5.82 Å². The van der Waals surface area contributed by atoms with Crippen molar-refractivity contribution >= 4 is 22.6 Å². The standard InChI is InChI=1S/C19H23N5O3/c1-4-27-14-8-6-11-9-12(5-7-13(11)22-14)16-15(18(21)26)17(20)24(23-16)19(2,3)10-25/h5-9,25H,4,10,20H2,1-3H3,(H2,21,26). The minimum absolute atomic E-state index is 0.126. The number of hydrogen-bond donors (Lipinski definition) is 3.